The van der Waals surface area contributed by atoms with Gasteiger partial charge in [0.15, 0.2) is 0 Å². The molecule has 8 nitrogen and oxygen atoms in total. The van der Waals surface area contributed by atoms with Gasteiger partial charge in [-0.15, -0.1) is 0 Å². The molecule has 3 amide bonds. The minimum absolute atomic E-state index is 0.103. The molecule has 1 aromatic carbocycles. The lowest BCUT2D eigenvalue weighted by molar-refractivity contribution is -0.125. The van der Waals surface area contributed by atoms with Crippen LogP contribution in [0.5, 0.6) is 0 Å². The molecule has 1 aliphatic rings. The first-order valence-corrected chi connectivity index (χ1v) is 8.73. The van der Waals surface area contributed by atoms with E-state index in [9.17, 15) is 19.5 Å². The first-order valence-electron chi connectivity index (χ1n) is 8.73. The van der Waals surface area contributed by atoms with Crippen molar-refractivity contribution >= 4 is 24.1 Å². The second-order valence-electron chi connectivity index (χ2n) is 7.37. The molecule has 0 saturated heterocycles. The molecule has 3 atom stereocenters. The Morgan fingerprint density at radius 1 is 1.30 bits per heavy atom. The molecule has 1 aromatic rings. The Kier molecular flexibility index (Phi) is 6.68. The second-order valence-corrected chi connectivity index (χ2v) is 7.37. The number of aliphatic hydroxyl groups excluding tert-OH is 1. The van der Waals surface area contributed by atoms with Gasteiger partial charge in [-0.05, 0) is 26.3 Å². The predicted molar refractivity (Wildman–Crippen MR) is 99.4 cm³/mol. The molecule has 0 unspecified atom stereocenters. The molecule has 0 fully saturated rings. The zero-order chi connectivity index (χ0) is 20.0. The molecule has 1 heterocycles. The zero-order valence-corrected chi connectivity index (χ0v) is 15.6. The Bertz CT molecular complexity index is 712. The van der Waals surface area contributed by atoms with Crippen molar-refractivity contribution in [3.8, 4) is 0 Å². The number of benzene rings is 1. The van der Waals surface area contributed by atoms with E-state index >= 15 is 0 Å². The van der Waals surface area contributed by atoms with Crippen LogP contribution in [-0.2, 0) is 20.7 Å². The maximum absolute atomic E-state index is 12.7. The van der Waals surface area contributed by atoms with Gasteiger partial charge in [0.05, 0.1) is 12.5 Å². The SMILES string of the molecule is CC(C)(C)OC(=O)N[C@@H](Cc1ccccc1)C(=O)N[C@H]1CC(=O)N=C[C@H]1O. The van der Waals surface area contributed by atoms with E-state index in [1.807, 2.05) is 30.3 Å². The second kappa shape index (κ2) is 8.77. The molecule has 2 rings (SSSR count). The number of hydrogen-bond acceptors (Lipinski definition) is 5. The minimum Gasteiger partial charge on any atom is -0.444 e. The highest BCUT2D eigenvalue weighted by atomic mass is 16.6. The van der Waals surface area contributed by atoms with Crippen LogP contribution in [0.15, 0.2) is 35.3 Å². The molecule has 1 aliphatic heterocycles. The van der Waals surface area contributed by atoms with E-state index in [1.165, 1.54) is 0 Å². The summed E-state index contributed by atoms with van der Waals surface area (Å²) >= 11 is 0. The largest absolute Gasteiger partial charge is 0.444 e. The minimum atomic E-state index is -1.06. The zero-order valence-electron chi connectivity index (χ0n) is 15.6. The summed E-state index contributed by atoms with van der Waals surface area (Å²) in [7, 11) is 0. The number of amides is 3. The van der Waals surface area contributed by atoms with Crippen LogP contribution in [0.4, 0.5) is 4.79 Å². The van der Waals surface area contributed by atoms with Crippen LogP contribution in [-0.4, -0.2) is 53.0 Å². The first-order chi connectivity index (χ1) is 12.6. The monoisotopic (exact) mass is 375 g/mol. The number of nitrogens with one attached hydrogen (secondary N) is 2. The van der Waals surface area contributed by atoms with Gasteiger partial charge in [-0.25, -0.2) is 9.79 Å². The van der Waals surface area contributed by atoms with Crippen molar-refractivity contribution in [1.29, 1.82) is 0 Å². The van der Waals surface area contributed by atoms with Gasteiger partial charge >= 0.3 is 6.09 Å². The van der Waals surface area contributed by atoms with E-state index in [-0.39, 0.29) is 12.8 Å². The van der Waals surface area contributed by atoms with E-state index in [0.717, 1.165) is 11.8 Å². The summed E-state index contributed by atoms with van der Waals surface area (Å²) in [5, 5.41) is 15.1. The summed E-state index contributed by atoms with van der Waals surface area (Å²) in [6, 6.07) is 7.47. The van der Waals surface area contributed by atoms with E-state index in [0.29, 0.717) is 0 Å². The normalized spacial score (nSPS) is 20.7. The molecule has 146 valence electrons. The molecule has 0 saturated carbocycles. The molecular formula is C19H25N3O5. The third-order valence-electron chi connectivity index (χ3n) is 3.80. The van der Waals surface area contributed by atoms with Gasteiger partial charge in [0.25, 0.3) is 0 Å². The number of ether oxygens (including phenoxy) is 1. The Morgan fingerprint density at radius 2 is 1.96 bits per heavy atom. The number of alkyl carbamates (subject to hydrolysis) is 1. The van der Waals surface area contributed by atoms with Crippen molar-refractivity contribution in [3.05, 3.63) is 35.9 Å². The molecule has 0 radical (unpaired) electrons. The molecule has 8 heteroatoms. The quantitative estimate of drug-likeness (QED) is 0.709. The van der Waals surface area contributed by atoms with E-state index in [2.05, 4.69) is 15.6 Å². The highest BCUT2D eigenvalue weighted by Crippen LogP contribution is 2.10. The van der Waals surface area contributed by atoms with Crippen molar-refractivity contribution in [2.24, 2.45) is 4.99 Å². The highest BCUT2D eigenvalue weighted by molar-refractivity contribution is 5.92. The molecule has 27 heavy (non-hydrogen) atoms. The van der Waals surface area contributed by atoms with Crippen LogP contribution in [0.25, 0.3) is 0 Å². The van der Waals surface area contributed by atoms with Gasteiger partial charge in [0, 0.05) is 12.6 Å². The number of aliphatic imine (C=N–C) groups is 1. The van der Waals surface area contributed by atoms with Crippen molar-refractivity contribution in [3.63, 3.8) is 0 Å². The fourth-order valence-corrected chi connectivity index (χ4v) is 2.55. The molecule has 0 bridgehead atoms. The molecule has 3 N–H and O–H groups in total. The lowest BCUT2D eigenvalue weighted by Crippen LogP contribution is -2.55. The molecule has 0 aromatic heterocycles. The van der Waals surface area contributed by atoms with Gasteiger partial charge in [-0.1, -0.05) is 30.3 Å². The summed E-state index contributed by atoms with van der Waals surface area (Å²) in [6.45, 7) is 5.17. The summed E-state index contributed by atoms with van der Waals surface area (Å²) in [4.78, 5) is 39.8. The van der Waals surface area contributed by atoms with Gasteiger partial charge < -0.3 is 20.5 Å². The smallest absolute Gasteiger partial charge is 0.408 e. The predicted octanol–water partition coefficient (Wildman–Crippen LogP) is 0.969. The maximum Gasteiger partial charge on any atom is 0.408 e. The van der Waals surface area contributed by atoms with Crippen LogP contribution in [0, 0.1) is 0 Å². The molecular weight excluding hydrogens is 350 g/mol. The number of hydrogen-bond donors (Lipinski definition) is 3. The standard InChI is InChI=1S/C19H25N3O5/c1-19(2,3)27-18(26)22-14(9-12-7-5-4-6-8-12)17(25)21-13-10-16(24)20-11-15(13)23/h4-8,11,13-15,23H,9-10H2,1-3H3,(H,21,25)(H,22,26)/t13-,14-,15+/m0/s1. The van der Waals surface area contributed by atoms with Crippen LogP contribution >= 0.6 is 0 Å². The van der Waals surface area contributed by atoms with Crippen molar-refractivity contribution < 1.29 is 24.2 Å². The van der Waals surface area contributed by atoms with Crippen LogP contribution in [0.1, 0.15) is 32.8 Å². The van der Waals surface area contributed by atoms with Crippen LogP contribution in [0.3, 0.4) is 0 Å². The van der Waals surface area contributed by atoms with E-state index in [1.54, 1.807) is 20.8 Å². The van der Waals surface area contributed by atoms with Gasteiger partial charge in [0.2, 0.25) is 11.8 Å². The fraction of sp³-hybridized carbons (Fsp3) is 0.474. The highest BCUT2D eigenvalue weighted by Gasteiger charge is 2.31. The van der Waals surface area contributed by atoms with Crippen LogP contribution in [0.2, 0.25) is 0 Å². The van der Waals surface area contributed by atoms with E-state index in [4.69, 9.17) is 4.74 Å². The van der Waals surface area contributed by atoms with Crippen molar-refractivity contribution in [2.75, 3.05) is 0 Å². The van der Waals surface area contributed by atoms with Gasteiger partial charge in [-0.3, -0.25) is 9.59 Å². The Balaban J connectivity index is 2.10. The number of rotatable bonds is 5. The Morgan fingerprint density at radius 3 is 2.59 bits per heavy atom. The lowest BCUT2D eigenvalue weighted by atomic mass is 10.0. The fourth-order valence-electron chi connectivity index (χ4n) is 2.55. The summed E-state index contributed by atoms with van der Waals surface area (Å²) in [5.41, 5.74) is 0.135. The molecule has 0 aliphatic carbocycles. The maximum atomic E-state index is 12.7. The van der Waals surface area contributed by atoms with Crippen molar-refractivity contribution in [2.45, 2.75) is 57.4 Å². The van der Waals surface area contributed by atoms with E-state index < -0.39 is 41.7 Å². The third kappa shape index (κ3) is 6.82. The average molecular weight is 375 g/mol. The molecule has 0 spiro atoms. The summed E-state index contributed by atoms with van der Waals surface area (Å²) < 4.78 is 5.23. The summed E-state index contributed by atoms with van der Waals surface area (Å²) in [5.74, 6) is -0.942. The number of nitrogens with zero attached hydrogens (tertiary/aromatic N) is 1. The van der Waals surface area contributed by atoms with Gasteiger partial charge in [0.1, 0.15) is 17.7 Å². The number of carbonyl (C=O) groups excluding carboxylic acids is 3. The van der Waals surface area contributed by atoms with Crippen molar-refractivity contribution in [1.82, 2.24) is 10.6 Å². The number of carbonyl (C=O) groups is 3. The van der Waals surface area contributed by atoms with Gasteiger partial charge in [-0.2, -0.15) is 0 Å². The van der Waals surface area contributed by atoms with Crippen LogP contribution < -0.4 is 10.6 Å². The Labute approximate surface area is 158 Å². The number of aliphatic hydroxyl groups is 1. The lowest BCUT2D eigenvalue weighted by Gasteiger charge is -2.27. The average Bonchev–Trinajstić information content (AvgIpc) is 2.57. The third-order valence-corrected chi connectivity index (χ3v) is 3.80. The first kappa shape index (κ1) is 20.6. The summed E-state index contributed by atoms with van der Waals surface area (Å²) in [6.07, 6.45) is -0.555. The topological polar surface area (TPSA) is 117 Å². The Hall–Kier alpha value is -2.74.